The first-order chi connectivity index (χ1) is 9.58. The average Bonchev–Trinajstić information content (AvgIpc) is 2.89. The second-order valence-corrected chi connectivity index (χ2v) is 6.24. The standard InChI is InChI=1S/C17H16O3/c1-17-8-12(20-2)15(18)14(16(17)19)13-10-6-4-3-5-9(10)7-11(13)17/h3-6,8,11,13-14H,7H2,1-2H3/t11-,13+,14-,17-/m0/s1. The number of Topliss-reactive ketones (excluding diaryl/α,β-unsaturated/α-hetero) is 2. The smallest absolute Gasteiger partial charge is 0.208 e. The molecular weight excluding hydrogens is 252 g/mol. The molecule has 1 aromatic rings. The number of hydrogen-bond donors (Lipinski definition) is 0. The van der Waals surface area contributed by atoms with Gasteiger partial charge in [-0.15, -0.1) is 0 Å². The van der Waals surface area contributed by atoms with E-state index in [0.29, 0.717) is 5.76 Å². The lowest BCUT2D eigenvalue weighted by atomic mass is 9.74. The molecule has 1 aromatic carbocycles. The van der Waals surface area contributed by atoms with E-state index in [2.05, 4.69) is 12.1 Å². The number of allylic oxidation sites excluding steroid dienone is 2. The van der Waals surface area contributed by atoms with E-state index in [9.17, 15) is 9.59 Å². The van der Waals surface area contributed by atoms with Crippen molar-refractivity contribution in [2.45, 2.75) is 19.3 Å². The number of benzene rings is 1. The Labute approximate surface area is 117 Å². The largest absolute Gasteiger partial charge is 0.493 e. The maximum atomic E-state index is 12.7. The molecule has 102 valence electrons. The Balaban J connectivity index is 1.93. The molecule has 3 nitrogen and oxygen atoms in total. The lowest BCUT2D eigenvalue weighted by molar-refractivity contribution is -0.135. The fourth-order valence-electron chi connectivity index (χ4n) is 4.42. The number of carbonyl (C=O) groups excluding carboxylic acids is 2. The molecule has 2 bridgehead atoms. The van der Waals surface area contributed by atoms with Gasteiger partial charge in [0.1, 0.15) is 0 Å². The first kappa shape index (κ1) is 11.9. The van der Waals surface area contributed by atoms with Gasteiger partial charge in [-0.3, -0.25) is 9.59 Å². The van der Waals surface area contributed by atoms with E-state index in [1.807, 2.05) is 19.1 Å². The normalized spacial score (nSPS) is 37.5. The molecule has 0 unspecified atom stereocenters. The Kier molecular flexibility index (Phi) is 2.14. The van der Waals surface area contributed by atoms with Crippen molar-refractivity contribution in [3.8, 4) is 0 Å². The van der Waals surface area contributed by atoms with Crippen molar-refractivity contribution >= 4 is 11.6 Å². The van der Waals surface area contributed by atoms with E-state index in [-0.39, 0.29) is 23.4 Å². The van der Waals surface area contributed by atoms with Gasteiger partial charge in [0.2, 0.25) is 5.78 Å². The molecule has 0 amide bonds. The summed E-state index contributed by atoms with van der Waals surface area (Å²) < 4.78 is 5.21. The van der Waals surface area contributed by atoms with Crippen LogP contribution >= 0.6 is 0 Å². The van der Waals surface area contributed by atoms with Crippen molar-refractivity contribution in [2.24, 2.45) is 17.3 Å². The second-order valence-electron chi connectivity index (χ2n) is 6.24. The fourth-order valence-corrected chi connectivity index (χ4v) is 4.42. The lowest BCUT2D eigenvalue weighted by Crippen LogP contribution is -2.37. The fraction of sp³-hybridized carbons (Fsp3) is 0.412. The van der Waals surface area contributed by atoms with Crippen molar-refractivity contribution in [2.75, 3.05) is 7.11 Å². The van der Waals surface area contributed by atoms with Crippen molar-refractivity contribution < 1.29 is 14.3 Å². The van der Waals surface area contributed by atoms with Gasteiger partial charge in [-0.1, -0.05) is 24.3 Å². The van der Waals surface area contributed by atoms with Crippen LogP contribution in [0.5, 0.6) is 0 Å². The zero-order valence-corrected chi connectivity index (χ0v) is 11.6. The quantitative estimate of drug-likeness (QED) is 0.734. The summed E-state index contributed by atoms with van der Waals surface area (Å²) in [6, 6.07) is 8.20. The van der Waals surface area contributed by atoms with E-state index < -0.39 is 11.3 Å². The van der Waals surface area contributed by atoms with Gasteiger partial charge in [0.15, 0.2) is 11.5 Å². The summed E-state index contributed by atoms with van der Waals surface area (Å²) in [6.07, 6.45) is 2.64. The summed E-state index contributed by atoms with van der Waals surface area (Å²) in [5.74, 6) is -0.0290. The molecule has 0 radical (unpaired) electrons. The van der Waals surface area contributed by atoms with Crippen LogP contribution in [0.3, 0.4) is 0 Å². The van der Waals surface area contributed by atoms with Gasteiger partial charge in [0.05, 0.1) is 18.4 Å². The van der Waals surface area contributed by atoms with Crippen LogP contribution in [-0.4, -0.2) is 18.7 Å². The summed E-state index contributed by atoms with van der Waals surface area (Å²) in [6.45, 7) is 1.96. The van der Waals surface area contributed by atoms with Gasteiger partial charge >= 0.3 is 0 Å². The van der Waals surface area contributed by atoms with Gasteiger partial charge in [0.25, 0.3) is 0 Å². The number of hydrogen-bond acceptors (Lipinski definition) is 3. The Morgan fingerprint density at radius 1 is 1.25 bits per heavy atom. The topological polar surface area (TPSA) is 43.4 Å². The highest BCUT2D eigenvalue weighted by Crippen LogP contribution is 2.61. The summed E-state index contributed by atoms with van der Waals surface area (Å²) in [5, 5.41) is 0. The molecule has 0 aliphatic heterocycles. The molecule has 0 spiro atoms. The molecule has 3 aliphatic rings. The van der Waals surface area contributed by atoms with Crippen LogP contribution in [0.4, 0.5) is 0 Å². The predicted octanol–water partition coefficient (Wildman–Crippen LogP) is 2.26. The van der Waals surface area contributed by atoms with Gasteiger partial charge in [-0.2, -0.15) is 0 Å². The Morgan fingerprint density at radius 2 is 2.00 bits per heavy atom. The monoisotopic (exact) mass is 268 g/mol. The van der Waals surface area contributed by atoms with Gasteiger partial charge in [0, 0.05) is 5.92 Å². The van der Waals surface area contributed by atoms with Gasteiger partial charge < -0.3 is 4.74 Å². The molecule has 0 aromatic heterocycles. The molecule has 3 aliphatic carbocycles. The van der Waals surface area contributed by atoms with E-state index >= 15 is 0 Å². The molecule has 1 fully saturated rings. The third-order valence-electron chi connectivity index (χ3n) is 5.41. The highest BCUT2D eigenvalue weighted by molar-refractivity contribution is 6.17. The van der Waals surface area contributed by atoms with Crippen LogP contribution in [0, 0.1) is 17.3 Å². The summed E-state index contributed by atoms with van der Waals surface area (Å²) in [4.78, 5) is 25.2. The lowest BCUT2D eigenvalue weighted by Gasteiger charge is -2.28. The Bertz CT molecular complexity index is 673. The summed E-state index contributed by atoms with van der Waals surface area (Å²) in [5.41, 5.74) is 1.90. The number of carbonyl (C=O) groups is 2. The van der Waals surface area contributed by atoms with Crippen LogP contribution < -0.4 is 0 Å². The number of ether oxygens (including phenoxy) is 1. The SMILES string of the molecule is COC1=C[C@]2(C)C(=O)[C@H](C1=O)[C@@H]1c3ccccc3C[C@@H]12. The highest BCUT2D eigenvalue weighted by atomic mass is 16.5. The molecule has 0 heterocycles. The minimum absolute atomic E-state index is 0.0279. The first-order valence-electron chi connectivity index (χ1n) is 7.01. The van der Waals surface area contributed by atoms with E-state index in [1.165, 1.54) is 18.2 Å². The van der Waals surface area contributed by atoms with E-state index in [1.54, 1.807) is 6.08 Å². The van der Waals surface area contributed by atoms with E-state index in [4.69, 9.17) is 4.74 Å². The number of fused-ring (bicyclic) bond motifs is 7. The summed E-state index contributed by atoms with van der Waals surface area (Å²) >= 11 is 0. The molecule has 0 saturated heterocycles. The molecule has 4 rings (SSSR count). The maximum absolute atomic E-state index is 12.7. The first-order valence-corrected chi connectivity index (χ1v) is 7.01. The molecule has 20 heavy (non-hydrogen) atoms. The minimum Gasteiger partial charge on any atom is -0.493 e. The highest BCUT2D eigenvalue weighted by Gasteiger charge is 2.64. The minimum atomic E-state index is -0.562. The van der Waals surface area contributed by atoms with Crippen LogP contribution in [0.25, 0.3) is 0 Å². The molecule has 3 heteroatoms. The van der Waals surface area contributed by atoms with Crippen molar-refractivity contribution in [1.82, 2.24) is 0 Å². The zero-order valence-electron chi connectivity index (χ0n) is 11.6. The average molecular weight is 268 g/mol. The van der Waals surface area contributed by atoms with Gasteiger partial charge in [-0.05, 0) is 36.5 Å². The van der Waals surface area contributed by atoms with E-state index in [0.717, 1.165) is 6.42 Å². The molecular formula is C17H16O3. The third-order valence-corrected chi connectivity index (χ3v) is 5.41. The number of methoxy groups -OCH3 is 1. The Morgan fingerprint density at radius 3 is 2.75 bits per heavy atom. The summed E-state index contributed by atoms with van der Waals surface area (Å²) in [7, 11) is 1.51. The van der Waals surface area contributed by atoms with Crippen LogP contribution in [0.2, 0.25) is 0 Å². The molecule has 4 atom stereocenters. The molecule has 1 saturated carbocycles. The Hall–Kier alpha value is -1.90. The predicted molar refractivity (Wildman–Crippen MR) is 73.1 cm³/mol. The van der Waals surface area contributed by atoms with Crippen LogP contribution in [-0.2, 0) is 20.7 Å². The van der Waals surface area contributed by atoms with Crippen molar-refractivity contribution in [1.29, 1.82) is 0 Å². The number of rotatable bonds is 1. The third kappa shape index (κ3) is 1.17. The van der Waals surface area contributed by atoms with Crippen molar-refractivity contribution in [3.63, 3.8) is 0 Å². The van der Waals surface area contributed by atoms with Crippen LogP contribution in [0.1, 0.15) is 24.0 Å². The molecule has 0 N–H and O–H groups in total. The number of ketones is 2. The van der Waals surface area contributed by atoms with Gasteiger partial charge in [-0.25, -0.2) is 0 Å². The van der Waals surface area contributed by atoms with Crippen molar-refractivity contribution in [3.05, 3.63) is 47.2 Å². The zero-order chi connectivity index (χ0) is 14.1. The maximum Gasteiger partial charge on any atom is 0.208 e. The second kappa shape index (κ2) is 3.60. The van der Waals surface area contributed by atoms with Crippen LogP contribution in [0.15, 0.2) is 36.1 Å².